The number of hydrogen-bond acceptors (Lipinski definition) is 2. The van der Waals surface area contributed by atoms with Gasteiger partial charge in [-0.2, -0.15) is 0 Å². The van der Waals surface area contributed by atoms with Crippen molar-refractivity contribution in [2.24, 2.45) is 28.6 Å². The number of aliphatic hydroxyl groups is 1. The second kappa shape index (κ2) is 6.49. The van der Waals surface area contributed by atoms with Gasteiger partial charge < -0.3 is 9.84 Å². The molecule has 0 amide bonds. The lowest BCUT2D eigenvalue weighted by atomic mass is 9.48. The zero-order chi connectivity index (χ0) is 19.5. The Morgan fingerprint density at radius 3 is 2.54 bits per heavy atom. The minimum absolute atomic E-state index is 0.0791. The highest BCUT2D eigenvalue weighted by Crippen LogP contribution is 2.64. The van der Waals surface area contributed by atoms with Gasteiger partial charge in [-0.25, -0.2) is 0 Å². The first-order valence-corrected chi connectivity index (χ1v) is 11.2. The zero-order valence-corrected chi connectivity index (χ0v) is 17.6. The summed E-state index contributed by atoms with van der Waals surface area (Å²) in [5.41, 5.74) is 4.87. The third-order valence-corrected chi connectivity index (χ3v) is 9.18. The fourth-order valence-electron chi connectivity index (χ4n) is 7.33. The summed E-state index contributed by atoms with van der Waals surface area (Å²) in [6.07, 6.45) is 13.3. The molecular formula is C26H34O2. The Balaban J connectivity index is 1.46. The molecule has 4 aliphatic rings. The summed E-state index contributed by atoms with van der Waals surface area (Å²) in [5, 5.41) is 10.6. The molecule has 0 radical (unpaired) electrons. The summed E-state index contributed by atoms with van der Waals surface area (Å²) in [7, 11) is 1.72. The van der Waals surface area contributed by atoms with Crippen molar-refractivity contribution in [1.82, 2.24) is 0 Å². The zero-order valence-electron chi connectivity index (χ0n) is 17.6. The van der Waals surface area contributed by atoms with Crippen LogP contribution in [0.1, 0.15) is 64.4 Å². The third-order valence-electron chi connectivity index (χ3n) is 9.18. The second-order valence-electron chi connectivity index (χ2n) is 10.2. The first kappa shape index (κ1) is 18.5. The molecule has 0 bridgehead atoms. The van der Waals surface area contributed by atoms with E-state index < -0.39 is 0 Å². The summed E-state index contributed by atoms with van der Waals surface area (Å²) in [6, 6.07) is 8.54. The fourth-order valence-corrected chi connectivity index (χ4v) is 7.33. The Morgan fingerprint density at radius 2 is 1.79 bits per heavy atom. The SMILES string of the molecule is COc1ccc(C2=CC3=CC[C@@H]4[C@H](CC[C@]5(C)C(O)CC[C@@H]45)[C@@]3(C)CC2)cc1. The van der Waals surface area contributed by atoms with Gasteiger partial charge in [-0.15, -0.1) is 0 Å². The van der Waals surface area contributed by atoms with Crippen LogP contribution in [0.4, 0.5) is 0 Å². The van der Waals surface area contributed by atoms with Crippen LogP contribution in [0.5, 0.6) is 5.75 Å². The Hall–Kier alpha value is -1.54. The average Bonchev–Trinajstić information content (AvgIpc) is 3.02. The Kier molecular flexibility index (Phi) is 4.28. The van der Waals surface area contributed by atoms with Crippen molar-refractivity contribution < 1.29 is 9.84 Å². The standard InChI is InChI=1S/C26H34O2/c1-25-14-12-18(17-4-7-20(28-3)8-5-17)16-19(25)6-9-21-22-10-11-24(27)26(22,2)15-13-23(21)25/h4-8,16,21-24,27H,9-15H2,1-3H3/t21-,22-,23-,24?,25-,26-/m0/s1. The number of benzene rings is 1. The quantitative estimate of drug-likeness (QED) is 0.682. The van der Waals surface area contributed by atoms with E-state index in [0.717, 1.165) is 30.4 Å². The predicted octanol–water partition coefficient (Wildman–Crippen LogP) is 6.01. The van der Waals surface area contributed by atoms with Crippen molar-refractivity contribution in [2.75, 3.05) is 7.11 Å². The number of hydrogen-bond donors (Lipinski definition) is 1. The molecule has 28 heavy (non-hydrogen) atoms. The number of allylic oxidation sites excluding steroid dienone is 4. The predicted molar refractivity (Wildman–Crippen MR) is 114 cm³/mol. The van der Waals surface area contributed by atoms with Crippen LogP contribution in [-0.4, -0.2) is 18.3 Å². The molecule has 0 aliphatic heterocycles. The summed E-state index contributed by atoms with van der Waals surface area (Å²) in [6.45, 7) is 4.90. The number of methoxy groups -OCH3 is 1. The first-order chi connectivity index (χ1) is 13.5. The molecule has 2 saturated carbocycles. The third kappa shape index (κ3) is 2.56. The van der Waals surface area contributed by atoms with Crippen LogP contribution < -0.4 is 4.74 Å². The maximum absolute atomic E-state index is 10.6. The van der Waals surface area contributed by atoms with Crippen molar-refractivity contribution in [2.45, 2.75) is 64.9 Å². The molecule has 1 unspecified atom stereocenters. The van der Waals surface area contributed by atoms with Gasteiger partial charge in [-0.3, -0.25) is 0 Å². The van der Waals surface area contributed by atoms with Crippen LogP contribution in [-0.2, 0) is 0 Å². The van der Waals surface area contributed by atoms with E-state index in [2.05, 4.69) is 50.3 Å². The molecule has 1 N–H and O–H groups in total. The van der Waals surface area contributed by atoms with Crippen molar-refractivity contribution in [1.29, 1.82) is 0 Å². The molecule has 4 aliphatic carbocycles. The summed E-state index contributed by atoms with van der Waals surface area (Å²) < 4.78 is 5.32. The maximum Gasteiger partial charge on any atom is 0.118 e. The lowest BCUT2D eigenvalue weighted by molar-refractivity contribution is -0.0622. The van der Waals surface area contributed by atoms with Crippen molar-refractivity contribution in [3.05, 3.63) is 47.6 Å². The van der Waals surface area contributed by atoms with Gasteiger partial charge in [0, 0.05) is 0 Å². The highest BCUT2D eigenvalue weighted by atomic mass is 16.5. The van der Waals surface area contributed by atoms with E-state index in [4.69, 9.17) is 4.74 Å². The molecule has 2 nitrogen and oxygen atoms in total. The monoisotopic (exact) mass is 378 g/mol. The van der Waals surface area contributed by atoms with Crippen LogP contribution in [0.2, 0.25) is 0 Å². The first-order valence-electron chi connectivity index (χ1n) is 11.2. The molecule has 2 heteroatoms. The van der Waals surface area contributed by atoms with Crippen LogP contribution in [0, 0.1) is 28.6 Å². The van der Waals surface area contributed by atoms with Crippen molar-refractivity contribution >= 4 is 5.57 Å². The highest BCUT2D eigenvalue weighted by Gasteiger charge is 2.57. The topological polar surface area (TPSA) is 29.5 Å². The maximum atomic E-state index is 10.6. The molecule has 1 aromatic rings. The molecule has 0 heterocycles. The Bertz CT molecular complexity index is 819. The molecule has 1 aromatic carbocycles. The largest absolute Gasteiger partial charge is 0.497 e. The summed E-state index contributed by atoms with van der Waals surface area (Å²) >= 11 is 0. The van der Waals surface area contributed by atoms with Crippen LogP contribution in [0.25, 0.3) is 5.57 Å². The number of rotatable bonds is 2. The highest BCUT2D eigenvalue weighted by molar-refractivity contribution is 5.71. The fraction of sp³-hybridized carbons (Fsp3) is 0.615. The number of aliphatic hydroxyl groups excluding tert-OH is 1. The smallest absolute Gasteiger partial charge is 0.118 e. The minimum atomic E-state index is -0.0791. The van der Waals surface area contributed by atoms with Gasteiger partial charge in [0.15, 0.2) is 0 Å². The van der Waals surface area contributed by atoms with Crippen molar-refractivity contribution in [3.8, 4) is 5.75 Å². The van der Waals surface area contributed by atoms with Crippen LogP contribution in [0.3, 0.4) is 0 Å². The molecule has 0 aromatic heterocycles. The van der Waals surface area contributed by atoms with Crippen LogP contribution in [0.15, 0.2) is 42.0 Å². The molecule has 150 valence electrons. The van der Waals surface area contributed by atoms with Gasteiger partial charge >= 0.3 is 0 Å². The lowest BCUT2D eigenvalue weighted by Crippen LogP contribution is -2.50. The molecule has 0 spiro atoms. The van der Waals surface area contributed by atoms with Crippen LogP contribution >= 0.6 is 0 Å². The summed E-state index contributed by atoms with van der Waals surface area (Å²) in [5.74, 6) is 3.18. The second-order valence-corrected chi connectivity index (χ2v) is 10.2. The number of fused-ring (bicyclic) bond motifs is 5. The van der Waals surface area contributed by atoms with E-state index in [-0.39, 0.29) is 11.5 Å². The Labute approximate surface area is 169 Å². The average molecular weight is 379 g/mol. The van der Waals surface area contributed by atoms with Gasteiger partial charge in [0.05, 0.1) is 13.2 Å². The van der Waals surface area contributed by atoms with Crippen molar-refractivity contribution in [3.63, 3.8) is 0 Å². The molecule has 2 fully saturated rings. The Morgan fingerprint density at radius 1 is 1.00 bits per heavy atom. The normalized spacial score (nSPS) is 42.0. The van der Waals surface area contributed by atoms with E-state index in [1.807, 2.05) is 0 Å². The van der Waals surface area contributed by atoms with E-state index in [1.165, 1.54) is 43.2 Å². The van der Waals surface area contributed by atoms with E-state index in [1.54, 1.807) is 12.7 Å². The van der Waals surface area contributed by atoms with E-state index >= 15 is 0 Å². The molecule has 5 rings (SSSR count). The van der Waals surface area contributed by atoms with Gasteiger partial charge in [-0.05, 0) is 102 Å². The van der Waals surface area contributed by atoms with E-state index in [9.17, 15) is 5.11 Å². The van der Waals surface area contributed by atoms with Gasteiger partial charge in [0.25, 0.3) is 0 Å². The molecule has 6 atom stereocenters. The lowest BCUT2D eigenvalue weighted by Gasteiger charge is -2.56. The van der Waals surface area contributed by atoms with Gasteiger partial charge in [-0.1, -0.05) is 38.1 Å². The van der Waals surface area contributed by atoms with E-state index in [0.29, 0.717) is 11.3 Å². The molecule has 0 saturated heterocycles. The molecular weight excluding hydrogens is 344 g/mol. The summed E-state index contributed by atoms with van der Waals surface area (Å²) in [4.78, 5) is 0. The number of ether oxygens (including phenoxy) is 1. The van der Waals surface area contributed by atoms with Gasteiger partial charge in [0.2, 0.25) is 0 Å². The minimum Gasteiger partial charge on any atom is -0.497 e. The van der Waals surface area contributed by atoms with Gasteiger partial charge in [0.1, 0.15) is 5.75 Å².